The van der Waals surface area contributed by atoms with Crippen molar-refractivity contribution in [3.05, 3.63) is 24.0 Å². The third kappa shape index (κ3) is 2.01. The van der Waals surface area contributed by atoms with Gasteiger partial charge in [0.2, 0.25) is 0 Å². The molecule has 0 N–H and O–H groups in total. The predicted octanol–water partition coefficient (Wildman–Crippen LogP) is 1.90. The minimum Gasteiger partial charge on any atom is -0.488 e. The number of nitrogens with zero attached hydrogens (tertiary/aromatic N) is 1. The van der Waals surface area contributed by atoms with Gasteiger partial charge in [-0.3, -0.25) is 9.78 Å². The van der Waals surface area contributed by atoms with E-state index in [1.807, 2.05) is 19.1 Å². The lowest BCUT2D eigenvalue weighted by Gasteiger charge is -2.12. The number of carbonyl (C=O) groups is 1. The molecule has 2 atom stereocenters. The predicted molar refractivity (Wildman–Crippen MR) is 58.3 cm³/mol. The molecule has 1 aromatic heterocycles. The molecule has 2 rings (SSSR count). The molecule has 0 spiro atoms. The van der Waals surface area contributed by atoms with Crippen molar-refractivity contribution in [3.8, 4) is 5.75 Å². The van der Waals surface area contributed by atoms with Gasteiger partial charge >= 0.3 is 5.97 Å². The van der Waals surface area contributed by atoms with E-state index >= 15 is 0 Å². The summed E-state index contributed by atoms with van der Waals surface area (Å²) in [6, 6.07) is 3.71. The van der Waals surface area contributed by atoms with E-state index in [-0.39, 0.29) is 18.0 Å². The molecule has 1 aromatic rings. The number of rotatable bonds is 3. The monoisotopic (exact) mass is 221 g/mol. The van der Waals surface area contributed by atoms with E-state index in [0.717, 1.165) is 11.4 Å². The first kappa shape index (κ1) is 10.9. The van der Waals surface area contributed by atoms with Crippen LogP contribution in [0.25, 0.3) is 0 Å². The molecule has 0 unspecified atom stereocenters. The maximum absolute atomic E-state index is 11.4. The Bertz CT molecular complexity index is 392. The van der Waals surface area contributed by atoms with Crippen LogP contribution in [0, 0.1) is 0 Å². The van der Waals surface area contributed by atoms with E-state index in [4.69, 9.17) is 9.47 Å². The SMILES string of the molecule is CCOC(=O)C[C@H]1c2ncccc2O[C@@H]1C. The zero-order valence-corrected chi connectivity index (χ0v) is 9.47. The summed E-state index contributed by atoms with van der Waals surface area (Å²) in [4.78, 5) is 15.7. The number of hydrogen-bond acceptors (Lipinski definition) is 4. The topological polar surface area (TPSA) is 48.4 Å². The van der Waals surface area contributed by atoms with Gasteiger partial charge in [0.15, 0.2) is 0 Å². The second-order valence-electron chi connectivity index (χ2n) is 3.83. The van der Waals surface area contributed by atoms with Crippen molar-refractivity contribution < 1.29 is 14.3 Å². The van der Waals surface area contributed by atoms with Gasteiger partial charge in [-0.15, -0.1) is 0 Å². The molecule has 2 heterocycles. The van der Waals surface area contributed by atoms with Crippen LogP contribution in [0.5, 0.6) is 5.75 Å². The second kappa shape index (κ2) is 4.51. The lowest BCUT2D eigenvalue weighted by Crippen LogP contribution is -2.19. The van der Waals surface area contributed by atoms with Gasteiger partial charge in [-0.2, -0.15) is 0 Å². The maximum atomic E-state index is 11.4. The first-order valence-electron chi connectivity index (χ1n) is 5.49. The van der Waals surface area contributed by atoms with E-state index < -0.39 is 0 Å². The van der Waals surface area contributed by atoms with Gasteiger partial charge in [-0.25, -0.2) is 0 Å². The number of ether oxygens (including phenoxy) is 2. The molecule has 86 valence electrons. The van der Waals surface area contributed by atoms with Crippen LogP contribution in [0.2, 0.25) is 0 Å². The quantitative estimate of drug-likeness (QED) is 0.731. The number of esters is 1. The summed E-state index contributed by atoms with van der Waals surface area (Å²) in [5, 5.41) is 0. The fraction of sp³-hybridized carbons (Fsp3) is 0.500. The average Bonchev–Trinajstić information content (AvgIpc) is 2.56. The summed E-state index contributed by atoms with van der Waals surface area (Å²) in [6.45, 7) is 4.17. The van der Waals surface area contributed by atoms with Crippen molar-refractivity contribution in [1.29, 1.82) is 0 Å². The van der Waals surface area contributed by atoms with Crippen LogP contribution in [-0.4, -0.2) is 23.7 Å². The van der Waals surface area contributed by atoms with Crippen molar-refractivity contribution in [2.45, 2.75) is 32.3 Å². The number of pyridine rings is 1. The Kier molecular flexibility index (Phi) is 3.08. The molecule has 0 fully saturated rings. The van der Waals surface area contributed by atoms with Crippen LogP contribution in [0.3, 0.4) is 0 Å². The summed E-state index contributed by atoms with van der Waals surface area (Å²) in [7, 11) is 0. The highest BCUT2D eigenvalue weighted by molar-refractivity contribution is 5.71. The molecule has 0 aromatic carbocycles. The first-order chi connectivity index (χ1) is 7.72. The lowest BCUT2D eigenvalue weighted by molar-refractivity contribution is -0.143. The number of aromatic nitrogens is 1. The molecular weight excluding hydrogens is 206 g/mol. The standard InChI is InChI=1S/C12H15NO3/c1-3-15-11(14)7-9-8(2)16-10-5-4-6-13-12(9)10/h4-6,8-9H,3,7H2,1-2H3/t8-,9-/m1/s1. The molecule has 0 bridgehead atoms. The largest absolute Gasteiger partial charge is 0.488 e. The van der Waals surface area contributed by atoms with Gasteiger partial charge in [0.1, 0.15) is 11.9 Å². The fourth-order valence-corrected chi connectivity index (χ4v) is 1.95. The Balaban J connectivity index is 2.13. The van der Waals surface area contributed by atoms with Crippen molar-refractivity contribution in [2.75, 3.05) is 6.61 Å². The Labute approximate surface area is 94.6 Å². The second-order valence-corrected chi connectivity index (χ2v) is 3.83. The van der Waals surface area contributed by atoms with Gasteiger partial charge in [-0.05, 0) is 26.0 Å². The Morgan fingerprint density at radius 2 is 2.44 bits per heavy atom. The van der Waals surface area contributed by atoms with Crippen LogP contribution < -0.4 is 4.74 Å². The number of carbonyl (C=O) groups excluding carboxylic acids is 1. The fourth-order valence-electron chi connectivity index (χ4n) is 1.95. The normalized spacial score (nSPS) is 22.4. The van der Waals surface area contributed by atoms with Crippen molar-refractivity contribution in [1.82, 2.24) is 4.98 Å². The Hall–Kier alpha value is -1.58. The summed E-state index contributed by atoms with van der Waals surface area (Å²) in [5.74, 6) is 0.598. The minimum atomic E-state index is -0.193. The molecule has 4 heteroatoms. The molecule has 16 heavy (non-hydrogen) atoms. The number of fused-ring (bicyclic) bond motifs is 1. The molecule has 0 saturated heterocycles. The van der Waals surface area contributed by atoms with E-state index in [0.29, 0.717) is 13.0 Å². The van der Waals surface area contributed by atoms with Gasteiger partial charge in [0.05, 0.1) is 24.6 Å². The van der Waals surface area contributed by atoms with E-state index in [9.17, 15) is 4.79 Å². The van der Waals surface area contributed by atoms with Crippen LogP contribution in [0.15, 0.2) is 18.3 Å². The van der Waals surface area contributed by atoms with E-state index in [1.54, 1.807) is 13.1 Å². The summed E-state index contributed by atoms with van der Waals surface area (Å²) in [6.07, 6.45) is 2.03. The molecule has 0 aliphatic carbocycles. The zero-order valence-electron chi connectivity index (χ0n) is 9.47. The summed E-state index contributed by atoms with van der Waals surface area (Å²) < 4.78 is 10.6. The van der Waals surface area contributed by atoms with Gasteiger partial charge < -0.3 is 9.47 Å². The molecule has 0 radical (unpaired) electrons. The summed E-state index contributed by atoms with van der Waals surface area (Å²) in [5.41, 5.74) is 0.864. The van der Waals surface area contributed by atoms with Crippen molar-refractivity contribution in [2.24, 2.45) is 0 Å². The van der Waals surface area contributed by atoms with Crippen LogP contribution in [0.4, 0.5) is 0 Å². The average molecular weight is 221 g/mol. The van der Waals surface area contributed by atoms with Crippen molar-refractivity contribution >= 4 is 5.97 Å². The Morgan fingerprint density at radius 1 is 1.62 bits per heavy atom. The zero-order chi connectivity index (χ0) is 11.5. The minimum absolute atomic E-state index is 0.00949. The highest BCUT2D eigenvalue weighted by Crippen LogP contribution is 2.38. The third-order valence-corrected chi connectivity index (χ3v) is 2.72. The van der Waals surface area contributed by atoms with Crippen LogP contribution in [0.1, 0.15) is 31.9 Å². The number of hydrogen-bond donors (Lipinski definition) is 0. The molecule has 1 aliphatic heterocycles. The lowest BCUT2D eigenvalue weighted by atomic mass is 9.97. The molecule has 0 saturated carbocycles. The Morgan fingerprint density at radius 3 is 3.19 bits per heavy atom. The van der Waals surface area contributed by atoms with Gasteiger partial charge in [0.25, 0.3) is 0 Å². The smallest absolute Gasteiger partial charge is 0.306 e. The molecular formula is C12H15NO3. The molecule has 4 nitrogen and oxygen atoms in total. The van der Waals surface area contributed by atoms with E-state index in [1.165, 1.54) is 0 Å². The van der Waals surface area contributed by atoms with Gasteiger partial charge in [0, 0.05) is 6.20 Å². The van der Waals surface area contributed by atoms with Gasteiger partial charge in [-0.1, -0.05) is 0 Å². The first-order valence-corrected chi connectivity index (χ1v) is 5.49. The molecule has 0 amide bonds. The highest BCUT2D eigenvalue weighted by atomic mass is 16.5. The molecule has 1 aliphatic rings. The third-order valence-electron chi connectivity index (χ3n) is 2.72. The maximum Gasteiger partial charge on any atom is 0.306 e. The summed E-state index contributed by atoms with van der Waals surface area (Å²) >= 11 is 0. The van der Waals surface area contributed by atoms with E-state index in [2.05, 4.69) is 4.98 Å². The van der Waals surface area contributed by atoms with Crippen LogP contribution in [-0.2, 0) is 9.53 Å². The van der Waals surface area contributed by atoms with Crippen LogP contribution >= 0.6 is 0 Å². The van der Waals surface area contributed by atoms with Crippen molar-refractivity contribution in [3.63, 3.8) is 0 Å². The highest BCUT2D eigenvalue weighted by Gasteiger charge is 2.34.